The van der Waals surface area contributed by atoms with Crippen molar-refractivity contribution in [1.29, 1.82) is 0 Å². The normalized spacial score (nSPS) is 18.0. The molecular weight excluding hydrogens is 469 g/mol. The van der Waals surface area contributed by atoms with Gasteiger partial charge in [-0.05, 0) is 43.6 Å². The lowest BCUT2D eigenvalue weighted by Gasteiger charge is -2.36. The van der Waals surface area contributed by atoms with Gasteiger partial charge in [0.05, 0.1) is 36.4 Å². The van der Waals surface area contributed by atoms with E-state index in [1.807, 2.05) is 25.9 Å². The average Bonchev–Trinajstić information content (AvgIpc) is 3.18. The Bertz CT molecular complexity index is 1030. The van der Waals surface area contributed by atoms with Crippen LogP contribution < -0.4 is 5.32 Å². The number of alkyl halides is 3. The Morgan fingerprint density at radius 3 is 2.47 bits per heavy atom. The minimum Gasteiger partial charge on any atom is -0.466 e. The summed E-state index contributed by atoms with van der Waals surface area (Å²) in [4.78, 5) is 33.7. The van der Waals surface area contributed by atoms with Crippen molar-refractivity contribution in [3.05, 3.63) is 57.8 Å². The second-order valence-electron chi connectivity index (χ2n) is 8.05. The zero-order valence-electron chi connectivity index (χ0n) is 19.4. The van der Waals surface area contributed by atoms with E-state index in [-0.39, 0.29) is 17.9 Å². The maximum atomic E-state index is 13.1. The van der Waals surface area contributed by atoms with Crippen LogP contribution in [0.25, 0.3) is 0 Å². The minimum absolute atomic E-state index is 0.0342. The number of carbonyl (C=O) groups is 2. The van der Waals surface area contributed by atoms with Gasteiger partial charge in [0.2, 0.25) is 5.91 Å². The third-order valence-corrected chi connectivity index (χ3v) is 6.29. The van der Waals surface area contributed by atoms with Crippen molar-refractivity contribution in [3.8, 4) is 0 Å². The van der Waals surface area contributed by atoms with Gasteiger partial charge in [0.15, 0.2) is 5.17 Å². The molecule has 3 rings (SSSR count). The molecule has 1 atom stereocenters. The van der Waals surface area contributed by atoms with Crippen LogP contribution in [0.4, 0.5) is 13.2 Å². The number of thioether (sulfide) groups is 1. The molecule has 11 heteroatoms. The fourth-order valence-corrected chi connectivity index (χ4v) is 4.67. The Kier molecular flexibility index (Phi) is 8.09. The number of methoxy groups -OCH3 is 1. The lowest BCUT2D eigenvalue weighted by Crippen LogP contribution is -2.38. The molecule has 34 heavy (non-hydrogen) atoms. The van der Waals surface area contributed by atoms with Gasteiger partial charge >= 0.3 is 12.1 Å². The molecule has 2 heterocycles. The topological polar surface area (TPSA) is 74.2 Å². The number of carbonyl (C=O) groups excluding carboxylic acids is 2. The summed E-state index contributed by atoms with van der Waals surface area (Å²) in [5.74, 6) is -0.817. The maximum Gasteiger partial charge on any atom is 0.416 e. The average molecular weight is 497 g/mol. The molecule has 1 aromatic carbocycles. The number of likely N-dealkylation sites (N-methyl/N-ethyl adjacent to an activating group) is 1. The molecule has 2 aliphatic rings. The first-order chi connectivity index (χ1) is 16.1. The number of nitrogens with zero attached hydrogens (tertiary/aromatic N) is 3. The number of halogens is 3. The van der Waals surface area contributed by atoms with Crippen LogP contribution in [0.5, 0.6) is 0 Å². The fraction of sp³-hybridized carbons (Fsp3) is 0.435. The quantitative estimate of drug-likeness (QED) is 0.550. The van der Waals surface area contributed by atoms with E-state index in [4.69, 9.17) is 4.74 Å². The molecular formula is C23H27F3N4O3S. The van der Waals surface area contributed by atoms with E-state index in [2.05, 4.69) is 10.3 Å². The van der Waals surface area contributed by atoms with E-state index in [0.29, 0.717) is 41.6 Å². The van der Waals surface area contributed by atoms with Crippen molar-refractivity contribution in [3.63, 3.8) is 0 Å². The second-order valence-corrected chi connectivity index (χ2v) is 8.89. The molecule has 1 N–H and O–H groups in total. The Morgan fingerprint density at radius 1 is 1.24 bits per heavy atom. The lowest BCUT2D eigenvalue weighted by atomic mass is 9.92. The van der Waals surface area contributed by atoms with E-state index in [9.17, 15) is 22.8 Å². The molecule has 184 valence electrons. The fourth-order valence-electron chi connectivity index (χ4n) is 3.73. The largest absolute Gasteiger partial charge is 0.466 e. The number of amidine groups is 1. The first-order valence-electron chi connectivity index (χ1n) is 10.7. The van der Waals surface area contributed by atoms with E-state index in [1.165, 1.54) is 31.0 Å². The zero-order valence-corrected chi connectivity index (χ0v) is 20.2. The van der Waals surface area contributed by atoms with Gasteiger partial charge in [-0.25, -0.2) is 9.79 Å². The van der Waals surface area contributed by atoms with Crippen LogP contribution in [0.15, 0.2) is 51.6 Å². The number of nitrogens with one attached hydrogen (secondary N) is 1. The van der Waals surface area contributed by atoms with Crippen molar-refractivity contribution in [1.82, 2.24) is 15.1 Å². The first kappa shape index (κ1) is 25.8. The first-order valence-corrected chi connectivity index (χ1v) is 11.6. The number of allylic oxidation sites excluding steroid dienone is 1. The Labute approximate surface area is 200 Å². The van der Waals surface area contributed by atoms with Gasteiger partial charge in [-0.2, -0.15) is 13.2 Å². The van der Waals surface area contributed by atoms with Crippen LogP contribution in [0.3, 0.4) is 0 Å². The smallest absolute Gasteiger partial charge is 0.416 e. The third kappa shape index (κ3) is 5.64. The molecule has 0 spiro atoms. The molecule has 0 aliphatic carbocycles. The van der Waals surface area contributed by atoms with Crippen molar-refractivity contribution in [2.75, 3.05) is 34.3 Å². The van der Waals surface area contributed by atoms with Gasteiger partial charge in [0, 0.05) is 18.8 Å². The van der Waals surface area contributed by atoms with Gasteiger partial charge in [0.25, 0.3) is 0 Å². The molecule has 1 amide bonds. The number of aliphatic imine (C=N–C) groups is 1. The summed E-state index contributed by atoms with van der Waals surface area (Å²) in [6.45, 7) is 3.00. The maximum absolute atomic E-state index is 13.1. The standard InChI is InChI=1S/C23H27F3N4O3S/c1-5-17-19(21(32)33-4)20(14-6-8-15(9-7-14)23(24,25)26)30-16(13-34-22(30)28-17)12-18(31)27-10-11-29(2)3/h6-9,13,20H,5,10-12H2,1-4H3,(H,27,31). The highest BCUT2D eigenvalue weighted by Gasteiger charge is 2.42. The molecule has 0 saturated heterocycles. The predicted octanol–water partition coefficient (Wildman–Crippen LogP) is 3.91. The number of fused-ring (bicyclic) bond motifs is 1. The number of ether oxygens (including phenoxy) is 1. The van der Waals surface area contributed by atoms with Crippen LogP contribution in [0, 0.1) is 0 Å². The Morgan fingerprint density at radius 2 is 1.91 bits per heavy atom. The SMILES string of the molecule is CCC1=C(C(=O)OC)C(c2ccc(C(F)(F)F)cc2)N2C(CC(=O)NCCN(C)C)=CSC2=N1. The summed E-state index contributed by atoms with van der Waals surface area (Å²) in [5.41, 5.74) is 1.03. The van der Waals surface area contributed by atoms with Gasteiger partial charge in [-0.15, -0.1) is 0 Å². The molecule has 0 radical (unpaired) electrons. The van der Waals surface area contributed by atoms with Gasteiger partial charge < -0.3 is 19.9 Å². The van der Waals surface area contributed by atoms with Crippen molar-refractivity contribution < 1.29 is 27.5 Å². The highest BCUT2D eigenvalue weighted by atomic mass is 32.2. The van der Waals surface area contributed by atoms with Crippen LogP contribution >= 0.6 is 11.8 Å². The number of hydrogen-bond acceptors (Lipinski definition) is 7. The Balaban J connectivity index is 1.98. The van der Waals surface area contributed by atoms with Crippen LogP contribution in [-0.2, 0) is 20.5 Å². The Hall–Kier alpha value is -2.79. The lowest BCUT2D eigenvalue weighted by molar-refractivity contribution is -0.138. The van der Waals surface area contributed by atoms with Crippen molar-refractivity contribution in [2.45, 2.75) is 32.0 Å². The number of benzene rings is 1. The number of rotatable bonds is 8. The summed E-state index contributed by atoms with van der Waals surface area (Å²) in [5, 5.41) is 5.20. The number of hydrogen-bond donors (Lipinski definition) is 1. The summed E-state index contributed by atoms with van der Waals surface area (Å²) in [7, 11) is 5.05. The number of amides is 1. The van der Waals surface area contributed by atoms with E-state index in [0.717, 1.165) is 12.1 Å². The molecule has 0 bridgehead atoms. The van der Waals surface area contributed by atoms with Gasteiger partial charge in [-0.3, -0.25) is 4.79 Å². The summed E-state index contributed by atoms with van der Waals surface area (Å²) < 4.78 is 44.4. The second kappa shape index (κ2) is 10.6. The van der Waals surface area contributed by atoms with Crippen LogP contribution in [-0.4, -0.2) is 61.1 Å². The zero-order chi connectivity index (χ0) is 25.0. The predicted molar refractivity (Wildman–Crippen MR) is 125 cm³/mol. The summed E-state index contributed by atoms with van der Waals surface area (Å²) in [6, 6.07) is 3.91. The highest BCUT2D eigenvalue weighted by molar-refractivity contribution is 8.16. The third-order valence-electron chi connectivity index (χ3n) is 5.41. The summed E-state index contributed by atoms with van der Waals surface area (Å²) >= 11 is 1.31. The van der Waals surface area contributed by atoms with Crippen molar-refractivity contribution in [2.24, 2.45) is 4.99 Å². The number of esters is 1. The molecule has 0 fully saturated rings. The monoisotopic (exact) mass is 496 g/mol. The molecule has 1 aromatic rings. The minimum atomic E-state index is -4.48. The van der Waals surface area contributed by atoms with E-state index >= 15 is 0 Å². The van der Waals surface area contributed by atoms with Crippen LogP contribution in [0.1, 0.15) is 36.9 Å². The molecule has 0 aromatic heterocycles. The summed E-state index contributed by atoms with van der Waals surface area (Å²) in [6.07, 6.45) is -4.02. The van der Waals surface area contributed by atoms with E-state index < -0.39 is 23.8 Å². The van der Waals surface area contributed by atoms with Gasteiger partial charge in [0.1, 0.15) is 0 Å². The van der Waals surface area contributed by atoms with Gasteiger partial charge in [-0.1, -0.05) is 30.8 Å². The molecule has 0 saturated carbocycles. The molecule has 1 unspecified atom stereocenters. The molecule has 2 aliphatic heterocycles. The van der Waals surface area contributed by atoms with Crippen LogP contribution in [0.2, 0.25) is 0 Å². The van der Waals surface area contributed by atoms with E-state index in [1.54, 1.807) is 10.3 Å². The highest BCUT2D eigenvalue weighted by Crippen LogP contribution is 2.45. The van der Waals surface area contributed by atoms with Crippen molar-refractivity contribution >= 4 is 28.8 Å². The molecule has 7 nitrogen and oxygen atoms in total.